The Labute approximate surface area is 211 Å². The van der Waals surface area contributed by atoms with E-state index >= 15 is 0 Å². The molecule has 0 spiro atoms. The first-order valence-electron chi connectivity index (χ1n) is 11.4. The van der Waals surface area contributed by atoms with Gasteiger partial charge in [-0.15, -0.1) is 24.0 Å². The van der Waals surface area contributed by atoms with Crippen molar-refractivity contribution in [3.8, 4) is 0 Å². The van der Waals surface area contributed by atoms with Gasteiger partial charge < -0.3 is 25.2 Å². The fourth-order valence-corrected chi connectivity index (χ4v) is 3.69. The second-order valence-electron chi connectivity index (χ2n) is 9.41. The van der Waals surface area contributed by atoms with Crippen molar-refractivity contribution in [2.24, 2.45) is 10.9 Å². The van der Waals surface area contributed by atoms with Gasteiger partial charge in [-0.1, -0.05) is 31.2 Å². The molecule has 182 valence electrons. The molecule has 0 bridgehead atoms. The largest absolute Gasteiger partial charge is 0.444 e. The van der Waals surface area contributed by atoms with Gasteiger partial charge in [0.15, 0.2) is 5.96 Å². The average Bonchev–Trinajstić information content (AvgIpc) is 3.15. The molecule has 0 saturated carbocycles. The number of hydrogen-bond acceptors (Lipinski definition) is 4. The highest BCUT2D eigenvalue weighted by atomic mass is 127. The van der Waals surface area contributed by atoms with E-state index in [1.807, 2.05) is 27.8 Å². The summed E-state index contributed by atoms with van der Waals surface area (Å²) in [4.78, 5) is 20.6. The predicted molar refractivity (Wildman–Crippen MR) is 143 cm³/mol. The van der Waals surface area contributed by atoms with Crippen molar-refractivity contribution in [1.82, 2.24) is 20.4 Å². The minimum atomic E-state index is -0.486. The molecule has 1 heterocycles. The van der Waals surface area contributed by atoms with E-state index in [4.69, 9.17) is 4.74 Å². The number of likely N-dealkylation sites (tertiary alicyclic amines) is 1. The lowest BCUT2D eigenvalue weighted by Crippen LogP contribution is -2.40. The van der Waals surface area contributed by atoms with Gasteiger partial charge in [-0.3, -0.25) is 4.99 Å². The zero-order chi connectivity index (χ0) is 22.9. The van der Waals surface area contributed by atoms with Crippen LogP contribution in [0.4, 0.5) is 4.79 Å². The van der Waals surface area contributed by atoms with E-state index in [1.165, 1.54) is 38.0 Å². The van der Waals surface area contributed by atoms with Crippen LogP contribution in [0.5, 0.6) is 0 Å². The summed E-state index contributed by atoms with van der Waals surface area (Å²) >= 11 is 0. The first-order valence-corrected chi connectivity index (χ1v) is 11.4. The summed E-state index contributed by atoms with van der Waals surface area (Å²) in [5, 5.41) is 6.86. The molecule has 1 amide bonds. The van der Waals surface area contributed by atoms with Gasteiger partial charge in [-0.25, -0.2) is 4.79 Å². The van der Waals surface area contributed by atoms with Crippen LogP contribution < -0.4 is 10.6 Å². The van der Waals surface area contributed by atoms with E-state index in [0.717, 1.165) is 18.1 Å². The summed E-state index contributed by atoms with van der Waals surface area (Å²) in [6.07, 6.45) is 2.16. The van der Waals surface area contributed by atoms with Crippen LogP contribution in [0.15, 0.2) is 29.3 Å². The zero-order valence-electron chi connectivity index (χ0n) is 20.6. The smallest absolute Gasteiger partial charge is 0.410 e. The third kappa shape index (κ3) is 10.4. The molecule has 2 rings (SSSR count). The van der Waals surface area contributed by atoms with Gasteiger partial charge in [0.2, 0.25) is 0 Å². The van der Waals surface area contributed by atoms with Crippen LogP contribution in [-0.2, 0) is 17.8 Å². The minimum Gasteiger partial charge on any atom is -0.444 e. The van der Waals surface area contributed by atoms with Crippen molar-refractivity contribution < 1.29 is 9.53 Å². The molecular weight excluding hydrogens is 517 g/mol. The number of halogens is 1. The Morgan fingerprint density at radius 3 is 2.47 bits per heavy atom. The third-order valence-corrected chi connectivity index (χ3v) is 5.30. The Hall–Kier alpha value is -1.55. The molecule has 0 radical (unpaired) electrons. The topological polar surface area (TPSA) is 69.2 Å². The van der Waals surface area contributed by atoms with E-state index < -0.39 is 5.60 Å². The van der Waals surface area contributed by atoms with Crippen molar-refractivity contribution in [2.45, 2.75) is 59.2 Å². The second kappa shape index (κ2) is 13.9. The molecule has 0 aromatic heterocycles. The Balaban J connectivity index is 0.00000512. The van der Waals surface area contributed by atoms with Gasteiger partial charge in [0, 0.05) is 40.3 Å². The number of guanidine groups is 1. The number of rotatable bonds is 8. The van der Waals surface area contributed by atoms with E-state index in [0.29, 0.717) is 19.0 Å². The Morgan fingerprint density at radius 1 is 1.22 bits per heavy atom. The second-order valence-corrected chi connectivity index (χ2v) is 9.41. The summed E-state index contributed by atoms with van der Waals surface area (Å²) in [6.45, 7) is 13.6. The third-order valence-electron chi connectivity index (χ3n) is 5.30. The molecule has 8 heteroatoms. The van der Waals surface area contributed by atoms with Gasteiger partial charge >= 0.3 is 6.09 Å². The SMILES string of the molecule is CCCN1CCC(CNC(=NC)NCc2ccc(CN(C)C(=O)OC(C)(C)C)cc2)C1.I. The summed E-state index contributed by atoms with van der Waals surface area (Å²) in [7, 11) is 3.56. The van der Waals surface area contributed by atoms with Crippen LogP contribution in [0.25, 0.3) is 0 Å². The highest BCUT2D eigenvalue weighted by Gasteiger charge is 2.22. The maximum Gasteiger partial charge on any atom is 0.410 e. The van der Waals surface area contributed by atoms with E-state index in [2.05, 4.69) is 51.7 Å². The van der Waals surface area contributed by atoms with Crippen LogP contribution in [0.1, 0.15) is 51.7 Å². The normalized spacial score (nSPS) is 16.9. The predicted octanol–water partition coefficient (Wildman–Crippen LogP) is 4.07. The number of carbonyl (C=O) groups is 1. The number of carbonyl (C=O) groups excluding carboxylic acids is 1. The fourth-order valence-electron chi connectivity index (χ4n) is 3.69. The molecule has 0 aliphatic carbocycles. The van der Waals surface area contributed by atoms with Gasteiger partial charge in [0.05, 0.1) is 0 Å². The molecule has 1 unspecified atom stereocenters. The van der Waals surface area contributed by atoms with Crippen LogP contribution in [-0.4, -0.2) is 67.7 Å². The lowest BCUT2D eigenvalue weighted by atomic mass is 10.1. The van der Waals surface area contributed by atoms with Crippen molar-refractivity contribution in [3.63, 3.8) is 0 Å². The zero-order valence-corrected chi connectivity index (χ0v) is 22.9. The molecule has 32 heavy (non-hydrogen) atoms. The monoisotopic (exact) mass is 559 g/mol. The fraction of sp³-hybridized carbons (Fsp3) is 0.667. The Kier molecular flexibility index (Phi) is 12.3. The van der Waals surface area contributed by atoms with Gasteiger partial charge in [0.25, 0.3) is 0 Å². The Morgan fingerprint density at radius 2 is 1.88 bits per heavy atom. The van der Waals surface area contributed by atoms with Gasteiger partial charge in [-0.05, 0) is 63.7 Å². The number of nitrogens with zero attached hydrogens (tertiary/aromatic N) is 3. The van der Waals surface area contributed by atoms with E-state index in [-0.39, 0.29) is 30.1 Å². The highest BCUT2D eigenvalue weighted by Crippen LogP contribution is 2.15. The summed E-state index contributed by atoms with van der Waals surface area (Å²) in [5.41, 5.74) is 1.75. The molecule has 1 aliphatic heterocycles. The molecule has 2 N–H and O–H groups in total. The number of benzene rings is 1. The molecule has 7 nitrogen and oxygen atoms in total. The maximum absolute atomic E-state index is 12.1. The lowest BCUT2D eigenvalue weighted by molar-refractivity contribution is 0.0285. The van der Waals surface area contributed by atoms with Crippen LogP contribution in [0.2, 0.25) is 0 Å². The van der Waals surface area contributed by atoms with E-state index in [1.54, 1.807) is 11.9 Å². The van der Waals surface area contributed by atoms with Crippen LogP contribution >= 0.6 is 24.0 Å². The number of nitrogens with one attached hydrogen (secondary N) is 2. The van der Waals surface area contributed by atoms with Crippen LogP contribution in [0, 0.1) is 5.92 Å². The molecule has 1 fully saturated rings. The van der Waals surface area contributed by atoms with Crippen molar-refractivity contribution >= 4 is 36.0 Å². The summed E-state index contributed by atoms with van der Waals surface area (Å²) in [6, 6.07) is 8.26. The molecule has 1 saturated heterocycles. The first-order chi connectivity index (χ1) is 14.7. The molecule has 1 atom stereocenters. The molecular formula is C24H42IN5O2. The van der Waals surface area contributed by atoms with Crippen molar-refractivity contribution in [3.05, 3.63) is 35.4 Å². The van der Waals surface area contributed by atoms with E-state index in [9.17, 15) is 4.79 Å². The van der Waals surface area contributed by atoms with Gasteiger partial charge in [0.1, 0.15) is 5.60 Å². The van der Waals surface area contributed by atoms with Crippen molar-refractivity contribution in [2.75, 3.05) is 40.3 Å². The molecule has 1 aromatic carbocycles. The number of hydrogen-bond donors (Lipinski definition) is 2. The summed E-state index contributed by atoms with van der Waals surface area (Å²) < 4.78 is 5.40. The lowest BCUT2D eigenvalue weighted by Gasteiger charge is -2.24. The summed E-state index contributed by atoms with van der Waals surface area (Å²) in [5.74, 6) is 1.52. The van der Waals surface area contributed by atoms with Crippen LogP contribution in [0.3, 0.4) is 0 Å². The highest BCUT2D eigenvalue weighted by molar-refractivity contribution is 14.0. The minimum absolute atomic E-state index is 0. The standard InChI is InChI=1S/C24H41N5O2.HI/c1-7-13-29-14-12-21(18-29)16-27-22(25-5)26-15-19-8-10-20(11-9-19)17-28(6)23(30)31-24(2,3)4;/h8-11,21H,7,12-18H2,1-6H3,(H2,25,26,27);1H. The number of ether oxygens (including phenoxy) is 1. The number of aliphatic imine (C=N–C) groups is 1. The van der Waals surface area contributed by atoms with Gasteiger partial charge in [-0.2, -0.15) is 0 Å². The molecule has 1 aromatic rings. The van der Waals surface area contributed by atoms with Crippen molar-refractivity contribution in [1.29, 1.82) is 0 Å². The molecule has 1 aliphatic rings. The number of amides is 1. The first kappa shape index (κ1) is 28.5. The maximum atomic E-state index is 12.1. The Bertz CT molecular complexity index is 718. The quantitative estimate of drug-likeness (QED) is 0.286. The average molecular weight is 560 g/mol.